The van der Waals surface area contributed by atoms with E-state index in [4.69, 9.17) is 10.5 Å². The first-order chi connectivity index (χ1) is 8.65. The van der Waals surface area contributed by atoms with Crippen LogP contribution in [0.2, 0.25) is 0 Å². The van der Waals surface area contributed by atoms with Gasteiger partial charge < -0.3 is 15.6 Å². The van der Waals surface area contributed by atoms with Crippen LogP contribution in [0.3, 0.4) is 0 Å². The van der Waals surface area contributed by atoms with Crippen LogP contribution in [0.5, 0.6) is 5.75 Å². The summed E-state index contributed by atoms with van der Waals surface area (Å²) in [4.78, 5) is 0. The van der Waals surface area contributed by atoms with Gasteiger partial charge in [0.15, 0.2) is 0 Å². The first-order valence-electron chi connectivity index (χ1n) is 6.30. The standard InChI is InChI=1S/C14H22BrNO2/c1-3-11(6-10(8-16)9-17)12-4-5-14(18-2)13(15)7-12/h4-5,7,10-11,17H,3,6,8-9,16H2,1-2H3. The molecule has 0 amide bonds. The van der Waals surface area contributed by atoms with Crippen LogP contribution in [-0.2, 0) is 0 Å². The zero-order valence-electron chi connectivity index (χ0n) is 11.0. The second kappa shape index (κ2) is 7.77. The molecule has 4 heteroatoms. The molecule has 0 aliphatic heterocycles. The molecule has 0 aliphatic rings. The molecule has 0 aliphatic carbocycles. The third-order valence-corrected chi connectivity index (χ3v) is 3.97. The molecule has 0 fully saturated rings. The second-order valence-corrected chi connectivity index (χ2v) is 5.37. The van der Waals surface area contributed by atoms with Crippen molar-refractivity contribution in [2.45, 2.75) is 25.7 Å². The Hall–Kier alpha value is -0.580. The SMILES string of the molecule is CCC(CC(CN)CO)c1ccc(OC)c(Br)c1. The summed E-state index contributed by atoms with van der Waals surface area (Å²) in [6.07, 6.45) is 1.96. The lowest BCUT2D eigenvalue weighted by Gasteiger charge is -2.21. The van der Waals surface area contributed by atoms with Gasteiger partial charge in [-0.2, -0.15) is 0 Å². The fraction of sp³-hybridized carbons (Fsp3) is 0.571. The molecule has 3 N–H and O–H groups in total. The topological polar surface area (TPSA) is 55.5 Å². The van der Waals surface area contributed by atoms with Gasteiger partial charge in [-0.1, -0.05) is 13.0 Å². The van der Waals surface area contributed by atoms with E-state index in [9.17, 15) is 5.11 Å². The lowest BCUT2D eigenvalue weighted by Crippen LogP contribution is -2.20. The Morgan fingerprint density at radius 1 is 1.44 bits per heavy atom. The van der Waals surface area contributed by atoms with E-state index < -0.39 is 0 Å². The van der Waals surface area contributed by atoms with E-state index in [0.29, 0.717) is 12.5 Å². The Bertz CT molecular complexity index is 367. The molecule has 0 saturated carbocycles. The summed E-state index contributed by atoms with van der Waals surface area (Å²) in [5, 5.41) is 9.24. The normalized spacial score (nSPS) is 14.3. The molecular formula is C14H22BrNO2. The van der Waals surface area contributed by atoms with Crippen molar-refractivity contribution >= 4 is 15.9 Å². The van der Waals surface area contributed by atoms with Gasteiger partial charge in [-0.05, 0) is 64.8 Å². The molecule has 0 spiro atoms. The highest BCUT2D eigenvalue weighted by Crippen LogP contribution is 2.32. The Kier molecular flexibility index (Phi) is 6.68. The quantitative estimate of drug-likeness (QED) is 0.813. The van der Waals surface area contributed by atoms with Crippen molar-refractivity contribution in [3.8, 4) is 5.75 Å². The predicted octanol–water partition coefficient (Wildman–Crippen LogP) is 2.91. The molecule has 1 rings (SSSR count). The maximum Gasteiger partial charge on any atom is 0.133 e. The summed E-state index contributed by atoms with van der Waals surface area (Å²) in [5.74, 6) is 1.44. The number of ether oxygens (including phenoxy) is 1. The van der Waals surface area contributed by atoms with Gasteiger partial charge in [0, 0.05) is 6.61 Å². The van der Waals surface area contributed by atoms with E-state index in [2.05, 4.69) is 35.0 Å². The second-order valence-electron chi connectivity index (χ2n) is 4.52. The Labute approximate surface area is 117 Å². The highest BCUT2D eigenvalue weighted by Gasteiger charge is 2.16. The Morgan fingerprint density at radius 3 is 2.61 bits per heavy atom. The number of halogens is 1. The van der Waals surface area contributed by atoms with Crippen LogP contribution in [0.25, 0.3) is 0 Å². The number of hydrogen-bond acceptors (Lipinski definition) is 3. The average molecular weight is 316 g/mol. The molecule has 0 bridgehead atoms. The molecule has 0 radical (unpaired) electrons. The molecule has 1 aromatic carbocycles. The number of benzene rings is 1. The smallest absolute Gasteiger partial charge is 0.133 e. The molecule has 1 aromatic rings. The van der Waals surface area contributed by atoms with Crippen LogP contribution >= 0.6 is 15.9 Å². The van der Waals surface area contributed by atoms with Crippen molar-refractivity contribution in [1.29, 1.82) is 0 Å². The van der Waals surface area contributed by atoms with Crippen LogP contribution < -0.4 is 10.5 Å². The van der Waals surface area contributed by atoms with Gasteiger partial charge >= 0.3 is 0 Å². The van der Waals surface area contributed by atoms with E-state index in [1.807, 2.05) is 6.07 Å². The first kappa shape index (κ1) is 15.5. The summed E-state index contributed by atoms with van der Waals surface area (Å²) in [7, 11) is 1.66. The van der Waals surface area contributed by atoms with Gasteiger partial charge in [0.05, 0.1) is 11.6 Å². The fourth-order valence-electron chi connectivity index (χ4n) is 2.12. The third kappa shape index (κ3) is 3.97. The van der Waals surface area contributed by atoms with Crippen molar-refractivity contribution in [3.05, 3.63) is 28.2 Å². The van der Waals surface area contributed by atoms with E-state index in [1.54, 1.807) is 7.11 Å². The van der Waals surface area contributed by atoms with Gasteiger partial charge in [0.1, 0.15) is 5.75 Å². The monoisotopic (exact) mass is 315 g/mol. The first-order valence-corrected chi connectivity index (χ1v) is 7.09. The summed E-state index contributed by atoms with van der Waals surface area (Å²) in [6, 6.07) is 6.15. The number of nitrogens with two attached hydrogens (primary N) is 1. The largest absolute Gasteiger partial charge is 0.496 e. The van der Waals surface area contributed by atoms with Gasteiger partial charge in [-0.3, -0.25) is 0 Å². The Balaban J connectivity index is 2.84. The van der Waals surface area contributed by atoms with Crippen LogP contribution in [0.1, 0.15) is 31.2 Å². The van der Waals surface area contributed by atoms with Crippen LogP contribution in [0, 0.1) is 5.92 Å². The molecule has 2 unspecified atom stereocenters. The van der Waals surface area contributed by atoms with Crippen molar-refractivity contribution in [2.75, 3.05) is 20.3 Å². The van der Waals surface area contributed by atoms with E-state index in [-0.39, 0.29) is 12.5 Å². The maximum atomic E-state index is 9.24. The minimum atomic E-state index is 0.157. The molecule has 0 saturated heterocycles. The molecule has 3 nitrogen and oxygen atoms in total. The lowest BCUT2D eigenvalue weighted by atomic mass is 9.87. The predicted molar refractivity (Wildman–Crippen MR) is 78.0 cm³/mol. The number of methoxy groups -OCH3 is 1. The summed E-state index contributed by atoms with van der Waals surface area (Å²) < 4.78 is 6.20. The zero-order valence-corrected chi connectivity index (χ0v) is 12.6. The number of hydrogen-bond donors (Lipinski definition) is 2. The summed E-state index contributed by atoms with van der Waals surface area (Å²) in [5.41, 5.74) is 6.91. The maximum absolute atomic E-state index is 9.24. The van der Waals surface area contributed by atoms with Crippen molar-refractivity contribution < 1.29 is 9.84 Å². The molecule has 18 heavy (non-hydrogen) atoms. The van der Waals surface area contributed by atoms with Gasteiger partial charge in [-0.15, -0.1) is 0 Å². The fourth-order valence-corrected chi connectivity index (χ4v) is 2.68. The summed E-state index contributed by atoms with van der Waals surface area (Å²) in [6.45, 7) is 2.85. The number of rotatable bonds is 7. The van der Waals surface area contributed by atoms with E-state index >= 15 is 0 Å². The Morgan fingerprint density at radius 2 is 2.17 bits per heavy atom. The van der Waals surface area contributed by atoms with Gasteiger partial charge in [0.2, 0.25) is 0 Å². The van der Waals surface area contributed by atoms with Crippen LogP contribution in [-0.4, -0.2) is 25.4 Å². The number of aliphatic hydroxyl groups is 1. The lowest BCUT2D eigenvalue weighted by molar-refractivity contribution is 0.214. The highest BCUT2D eigenvalue weighted by atomic mass is 79.9. The molecule has 0 heterocycles. The zero-order chi connectivity index (χ0) is 13.5. The average Bonchev–Trinajstić information content (AvgIpc) is 2.40. The minimum absolute atomic E-state index is 0.157. The minimum Gasteiger partial charge on any atom is -0.496 e. The van der Waals surface area contributed by atoms with Gasteiger partial charge in [-0.25, -0.2) is 0 Å². The highest BCUT2D eigenvalue weighted by molar-refractivity contribution is 9.10. The molecule has 0 aromatic heterocycles. The summed E-state index contributed by atoms with van der Waals surface area (Å²) >= 11 is 3.51. The van der Waals surface area contributed by atoms with Crippen LogP contribution in [0.4, 0.5) is 0 Å². The van der Waals surface area contributed by atoms with E-state index in [0.717, 1.165) is 23.1 Å². The number of aliphatic hydroxyl groups excluding tert-OH is 1. The van der Waals surface area contributed by atoms with Crippen molar-refractivity contribution in [3.63, 3.8) is 0 Å². The van der Waals surface area contributed by atoms with Crippen molar-refractivity contribution in [1.82, 2.24) is 0 Å². The van der Waals surface area contributed by atoms with E-state index in [1.165, 1.54) is 5.56 Å². The van der Waals surface area contributed by atoms with Crippen LogP contribution in [0.15, 0.2) is 22.7 Å². The molecular weight excluding hydrogens is 294 g/mol. The van der Waals surface area contributed by atoms with Crippen molar-refractivity contribution in [2.24, 2.45) is 11.7 Å². The molecule has 2 atom stereocenters. The molecule has 102 valence electrons. The third-order valence-electron chi connectivity index (χ3n) is 3.35. The van der Waals surface area contributed by atoms with Gasteiger partial charge in [0.25, 0.3) is 0 Å².